The number of methoxy groups -OCH3 is 4. The van der Waals surface area contributed by atoms with Crippen LogP contribution in [0.25, 0.3) is 10.2 Å². The topological polar surface area (TPSA) is 121 Å². The molecule has 0 saturated carbocycles. The summed E-state index contributed by atoms with van der Waals surface area (Å²) in [6, 6.07) is 10.5. The van der Waals surface area contributed by atoms with Crippen LogP contribution in [0.4, 0.5) is 5.13 Å². The maximum Gasteiger partial charge on any atom is 0.296 e. The molecule has 11 heteroatoms. The number of furan rings is 1. The second-order valence-electron chi connectivity index (χ2n) is 7.94. The second-order valence-corrected chi connectivity index (χ2v) is 8.94. The van der Waals surface area contributed by atoms with Gasteiger partial charge in [0.2, 0.25) is 11.5 Å². The molecule has 0 spiro atoms. The van der Waals surface area contributed by atoms with Gasteiger partial charge in [-0.2, -0.15) is 0 Å². The first kappa shape index (κ1) is 24.2. The van der Waals surface area contributed by atoms with Crippen molar-refractivity contribution in [1.29, 1.82) is 0 Å². The summed E-state index contributed by atoms with van der Waals surface area (Å²) >= 11 is 1.22. The fourth-order valence-electron chi connectivity index (χ4n) is 4.27. The Labute approximate surface area is 215 Å². The van der Waals surface area contributed by atoms with Crippen LogP contribution < -0.4 is 23.8 Å². The van der Waals surface area contributed by atoms with Gasteiger partial charge in [0.1, 0.15) is 5.75 Å². The van der Waals surface area contributed by atoms with E-state index in [2.05, 4.69) is 4.98 Å². The molecule has 0 unspecified atom stereocenters. The molecular weight excluding hydrogens is 500 g/mol. The van der Waals surface area contributed by atoms with Crippen LogP contribution in [-0.2, 0) is 4.79 Å². The van der Waals surface area contributed by atoms with E-state index >= 15 is 0 Å². The minimum absolute atomic E-state index is 0.0253. The number of benzene rings is 2. The molecule has 5 rings (SSSR count). The van der Waals surface area contributed by atoms with Crippen LogP contribution in [0.5, 0.6) is 23.0 Å². The van der Waals surface area contributed by atoms with Crippen LogP contribution in [0.1, 0.15) is 22.2 Å². The van der Waals surface area contributed by atoms with Gasteiger partial charge in [0, 0.05) is 0 Å². The van der Waals surface area contributed by atoms with E-state index in [1.807, 2.05) is 0 Å². The van der Waals surface area contributed by atoms with Gasteiger partial charge in [-0.1, -0.05) is 11.3 Å². The van der Waals surface area contributed by atoms with Gasteiger partial charge in [0.25, 0.3) is 5.91 Å². The number of aliphatic hydroxyl groups excluding tert-OH is 1. The first-order chi connectivity index (χ1) is 17.9. The largest absolute Gasteiger partial charge is 0.503 e. The SMILES string of the molecule is COc1ccc2nc(N3C(=O)C(O)=C(C(=O)c4ccco4)[C@@H]3c3cc(OC)c(OC)c(OC)c3)sc2c1. The number of nitrogens with zero attached hydrogens (tertiary/aromatic N) is 2. The van der Waals surface area contributed by atoms with Gasteiger partial charge in [0.15, 0.2) is 28.1 Å². The number of ether oxygens (including phenoxy) is 4. The van der Waals surface area contributed by atoms with Gasteiger partial charge in [-0.3, -0.25) is 14.5 Å². The third kappa shape index (κ3) is 3.93. The fourth-order valence-corrected chi connectivity index (χ4v) is 5.29. The molecule has 1 N–H and O–H groups in total. The number of aromatic nitrogens is 1. The number of ketones is 1. The van der Waals surface area contributed by atoms with Gasteiger partial charge in [-0.15, -0.1) is 0 Å². The van der Waals surface area contributed by atoms with Gasteiger partial charge in [-0.25, -0.2) is 4.98 Å². The molecule has 37 heavy (non-hydrogen) atoms. The Hall–Kier alpha value is -4.51. The number of aliphatic hydroxyl groups is 1. The van der Waals surface area contributed by atoms with Crippen molar-refractivity contribution in [3.8, 4) is 23.0 Å². The van der Waals surface area contributed by atoms with Crippen LogP contribution in [0.15, 0.2) is 64.5 Å². The summed E-state index contributed by atoms with van der Waals surface area (Å²) < 4.78 is 27.8. The van der Waals surface area contributed by atoms with Crippen molar-refractivity contribution in [3.63, 3.8) is 0 Å². The Morgan fingerprint density at radius 3 is 2.35 bits per heavy atom. The standard InChI is InChI=1S/C26H22N2O8S/c1-32-14-7-8-15-19(12-14)37-26(27-15)28-21(13-10-17(33-2)24(35-4)18(11-13)34-3)20(23(30)25(28)31)22(29)16-6-5-9-36-16/h5-12,21,30H,1-4H3/t21-/m0/s1. The minimum Gasteiger partial charge on any atom is -0.503 e. The summed E-state index contributed by atoms with van der Waals surface area (Å²) in [7, 11) is 5.95. The number of anilines is 1. The molecule has 0 saturated heterocycles. The van der Waals surface area contributed by atoms with E-state index in [9.17, 15) is 14.7 Å². The molecule has 1 atom stereocenters. The van der Waals surface area contributed by atoms with Gasteiger partial charge in [0.05, 0.1) is 56.5 Å². The van der Waals surface area contributed by atoms with E-state index in [4.69, 9.17) is 23.4 Å². The Bertz CT molecular complexity index is 1510. The van der Waals surface area contributed by atoms with Crippen molar-refractivity contribution in [2.75, 3.05) is 33.3 Å². The number of carbonyl (C=O) groups is 2. The van der Waals surface area contributed by atoms with E-state index in [0.717, 1.165) is 4.70 Å². The quantitative estimate of drug-likeness (QED) is 0.328. The van der Waals surface area contributed by atoms with Crippen LogP contribution in [-0.4, -0.2) is 50.2 Å². The number of rotatable bonds is 8. The van der Waals surface area contributed by atoms with E-state index in [1.54, 1.807) is 43.5 Å². The fraction of sp³-hybridized carbons (Fsp3) is 0.192. The van der Waals surface area contributed by atoms with Gasteiger partial charge < -0.3 is 28.5 Å². The summed E-state index contributed by atoms with van der Waals surface area (Å²) in [5.74, 6) is -0.543. The van der Waals surface area contributed by atoms with E-state index in [-0.39, 0.29) is 16.5 Å². The van der Waals surface area contributed by atoms with Crippen molar-refractivity contribution < 1.29 is 38.1 Å². The maximum atomic E-state index is 13.5. The zero-order chi connectivity index (χ0) is 26.3. The van der Waals surface area contributed by atoms with Gasteiger partial charge in [-0.05, 0) is 48.0 Å². The predicted octanol–water partition coefficient (Wildman–Crippen LogP) is 4.71. The predicted molar refractivity (Wildman–Crippen MR) is 135 cm³/mol. The minimum atomic E-state index is -1.07. The first-order valence-corrected chi connectivity index (χ1v) is 11.8. The molecule has 0 radical (unpaired) electrons. The number of amides is 1. The van der Waals surface area contributed by atoms with Crippen molar-refractivity contribution in [2.24, 2.45) is 0 Å². The highest BCUT2D eigenvalue weighted by atomic mass is 32.1. The summed E-state index contributed by atoms with van der Waals surface area (Å²) in [5, 5.41) is 11.3. The molecule has 3 heterocycles. The summed E-state index contributed by atoms with van der Waals surface area (Å²) in [6.07, 6.45) is 1.34. The Morgan fingerprint density at radius 1 is 1.03 bits per heavy atom. The molecule has 10 nitrogen and oxygen atoms in total. The summed E-state index contributed by atoms with van der Waals surface area (Å²) in [6.45, 7) is 0. The highest BCUT2D eigenvalue weighted by Gasteiger charge is 2.47. The maximum absolute atomic E-state index is 13.5. The molecule has 1 aliphatic heterocycles. The number of Topliss-reactive ketones (excluding diaryl/α,β-unsaturated/α-hetero) is 1. The number of fused-ring (bicyclic) bond motifs is 1. The molecule has 1 amide bonds. The smallest absolute Gasteiger partial charge is 0.296 e. The molecule has 0 aliphatic carbocycles. The molecule has 0 fully saturated rings. The first-order valence-electron chi connectivity index (χ1n) is 11.0. The molecule has 190 valence electrons. The lowest BCUT2D eigenvalue weighted by molar-refractivity contribution is -0.117. The van der Waals surface area contributed by atoms with Crippen LogP contribution in [0, 0.1) is 0 Å². The van der Waals surface area contributed by atoms with E-state index in [0.29, 0.717) is 34.1 Å². The number of thiazole rings is 1. The normalized spacial score (nSPS) is 15.4. The lowest BCUT2D eigenvalue weighted by Gasteiger charge is -2.25. The van der Waals surface area contributed by atoms with Crippen LogP contribution >= 0.6 is 11.3 Å². The Balaban J connectivity index is 1.73. The Kier molecular flexibility index (Phi) is 6.22. The van der Waals surface area contributed by atoms with E-state index < -0.39 is 23.5 Å². The molecular formula is C26H22N2O8S. The highest BCUT2D eigenvalue weighted by Crippen LogP contribution is 2.48. The van der Waals surface area contributed by atoms with Crippen LogP contribution in [0.2, 0.25) is 0 Å². The number of carbonyl (C=O) groups excluding carboxylic acids is 2. The monoisotopic (exact) mass is 522 g/mol. The average molecular weight is 523 g/mol. The van der Waals surface area contributed by atoms with E-state index in [1.165, 1.54) is 49.9 Å². The lowest BCUT2D eigenvalue weighted by atomic mass is 9.94. The second kappa shape index (κ2) is 9.51. The molecule has 1 aliphatic rings. The molecule has 2 aromatic carbocycles. The highest BCUT2D eigenvalue weighted by molar-refractivity contribution is 7.22. The lowest BCUT2D eigenvalue weighted by Crippen LogP contribution is -2.31. The number of hydrogen-bond donors (Lipinski definition) is 1. The van der Waals surface area contributed by atoms with Crippen molar-refractivity contribution in [1.82, 2.24) is 4.98 Å². The van der Waals surface area contributed by atoms with Gasteiger partial charge >= 0.3 is 0 Å². The zero-order valence-electron chi connectivity index (χ0n) is 20.3. The van der Waals surface area contributed by atoms with Crippen molar-refractivity contribution in [2.45, 2.75) is 6.04 Å². The molecule has 0 bridgehead atoms. The van der Waals surface area contributed by atoms with Crippen molar-refractivity contribution in [3.05, 3.63) is 71.4 Å². The summed E-state index contributed by atoms with van der Waals surface area (Å²) in [5.41, 5.74) is 0.896. The van der Waals surface area contributed by atoms with Crippen LogP contribution in [0.3, 0.4) is 0 Å². The third-order valence-corrected chi connectivity index (χ3v) is 7.01. The average Bonchev–Trinajstić information content (AvgIpc) is 3.65. The zero-order valence-corrected chi connectivity index (χ0v) is 21.1. The Morgan fingerprint density at radius 2 is 1.76 bits per heavy atom. The molecule has 4 aromatic rings. The molecule has 2 aromatic heterocycles. The number of hydrogen-bond acceptors (Lipinski definition) is 10. The third-order valence-electron chi connectivity index (χ3n) is 5.99. The summed E-state index contributed by atoms with van der Waals surface area (Å²) in [4.78, 5) is 32.9. The van der Waals surface area contributed by atoms with Crippen molar-refractivity contribution >= 4 is 38.4 Å².